The SMILES string of the molecule is COc1cc(-c2cn(C)c(=O)c3cnccc23)c(OC)cc1CCN1CCC(OC2CCN(C(=O)c3ccc(OC)c(N4CCC(=O)NC4=O)c3)CC2)CC1. The molecule has 1 N–H and O–H groups in total. The van der Waals surface area contributed by atoms with E-state index in [-0.39, 0.29) is 42.5 Å². The van der Waals surface area contributed by atoms with E-state index in [1.165, 1.54) is 12.0 Å². The Kier molecular flexibility index (Phi) is 11.3. The van der Waals surface area contributed by atoms with Gasteiger partial charge in [-0.25, -0.2) is 4.79 Å². The standard InChI is InChI=1S/C41H48N6O8/c1-44-25-33(30-7-14-42-24-32(30)40(44)50)31-23-36(53-3)26(22-37(31)54-4)8-15-45-16-9-28(10-17-45)55-29-11-18-46(19-12-29)39(49)27-5-6-35(52-2)34(21-27)47-20-13-38(48)43-41(47)51/h5-7,14,21-25,28-29H,8-13,15-20H2,1-4H3,(H,43,48,51). The summed E-state index contributed by atoms with van der Waals surface area (Å²) in [5, 5.41) is 3.69. The molecule has 0 atom stereocenters. The van der Waals surface area contributed by atoms with Crippen LogP contribution >= 0.6 is 0 Å². The molecule has 0 aliphatic carbocycles. The zero-order valence-corrected chi connectivity index (χ0v) is 31.8. The van der Waals surface area contributed by atoms with Crippen molar-refractivity contribution in [2.45, 2.75) is 50.7 Å². The predicted molar refractivity (Wildman–Crippen MR) is 207 cm³/mol. The molecule has 0 unspecified atom stereocenters. The number of carbonyl (C=O) groups is 3. The van der Waals surface area contributed by atoms with Gasteiger partial charge in [0, 0.05) is 88.0 Å². The first-order valence-electron chi connectivity index (χ1n) is 18.8. The second-order valence-electron chi connectivity index (χ2n) is 14.3. The number of nitrogens with zero attached hydrogens (tertiary/aromatic N) is 5. The smallest absolute Gasteiger partial charge is 0.328 e. The molecule has 3 aliphatic heterocycles. The summed E-state index contributed by atoms with van der Waals surface area (Å²) < 4.78 is 25.4. The first-order chi connectivity index (χ1) is 26.7. The van der Waals surface area contributed by atoms with Gasteiger partial charge >= 0.3 is 6.03 Å². The van der Waals surface area contributed by atoms with Gasteiger partial charge in [-0.2, -0.15) is 0 Å². The fraction of sp³-hybridized carbons (Fsp3) is 0.439. The summed E-state index contributed by atoms with van der Waals surface area (Å²) in [7, 11) is 6.59. The van der Waals surface area contributed by atoms with Gasteiger partial charge in [0.05, 0.1) is 44.6 Å². The fourth-order valence-corrected chi connectivity index (χ4v) is 7.92. The number of anilines is 1. The molecule has 3 saturated heterocycles. The van der Waals surface area contributed by atoms with Gasteiger partial charge in [0.15, 0.2) is 0 Å². The molecule has 14 nitrogen and oxygen atoms in total. The number of aromatic nitrogens is 2. The van der Waals surface area contributed by atoms with Crippen molar-refractivity contribution in [3.8, 4) is 28.4 Å². The average molecular weight is 753 g/mol. The second-order valence-corrected chi connectivity index (χ2v) is 14.3. The third-order valence-electron chi connectivity index (χ3n) is 11.0. The lowest BCUT2D eigenvalue weighted by Crippen LogP contribution is -2.49. The van der Waals surface area contributed by atoms with Gasteiger partial charge < -0.3 is 33.3 Å². The van der Waals surface area contributed by atoms with Gasteiger partial charge in [-0.3, -0.25) is 29.6 Å². The number of carbonyl (C=O) groups excluding carboxylic acids is 3. The van der Waals surface area contributed by atoms with E-state index in [0.717, 1.165) is 79.6 Å². The van der Waals surface area contributed by atoms with Crippen LogP contribution < -0.4 is 30.0 Å². The maximum absolute atomic E-state index is 13.5. The second kappa shape index (κ2) is 16.5. The Balaban J connectivity index is 0.910. The number of amides is 4. The summed E-state index contributed by atoms with van der Waals surface area (Å²) in [6.45, 7) is 4.12. The van der Waals surface area contributed by atoms with E-state index in [4.69, 9.17) is 18.9 Å². The minimum Gasteiger partial charge on any atom is -0.496 e. The summed E-state index contributed by atoms with van der Waals surface area (Å²) >= 11 is 0. The molecule has 2 aromatic heterocycles. The number of methoxy groups -OCH3 is 3. The number of pyridine rings is 2. The van der Waals surface area contributed by atoms with Gasteiger partial charge in [-0.15, -0.1) is 0 Å². The number of piperidine rings is 2. The van der Waals surface area contributed by atoms with Crippen LogP contribution in [0.5, 0.6) is 17.2 Å². The number of urea groups is 1. The summed E-state index contributed by atoms with van der Waals surface area (Å²) in [5.41, 5.74) is 3.60. The maximum atomic E-state index is 13.5. The van der Waals surface area contributed by atoms with Crippen molar-refractivity contribution in [3.05, 3.63) is 76.5 Å². The molecule has 55 heavy (non-hydrogen) atoms. The van der Waals surface area contributed by atoms with Crippen molar-refractivity contribution in [3.63, 3.8) is 0 Å². The highest BCUT2D eigenvalue weighted by molar-refractivity contribution is 6.07. The van der Waals surface area contributed by atoms with Gasteiger partial charge in [0.2, 0.25) is 5.91 Å². The zero-order chi connectivity index (χ0) is 38.6. The van der Waals surface area contributed by atoms with Gasteiger partial charge in [-0.1, -0.05) is 0 Å². The summed E-state index contributed by atoms with van der Waals surface area (Å²) in [6.07, 6.45) is 9.77. The topological polar surface area (TPSA) is 145 Å². The van der Waals surface area contributed by atoms with Gasteiger partial charge in [-0.05, 0) is 79.5 Å². The highest BCUT2D eigenvalue weighted by Crippen LogP contribution is 2.39. The van der Waals surface area contributed by atoms with Crippen molar-refractivity contribution in [2.75, 3.05) is 65.5 Å². The summed E-state index contributed by atoms with van der Waals surface area (Å²) in [5.74, 6) is 1.52. The van der Waals surface area contributed by atoms with E-state index in [9.17, 15) is 19.2 Å². The number of benzene rings is 2. The predicted octanol–water partition coefficient (Wildman–Crippen LogP) is 4.40. The molecule has 0 spiro atoms. The van der Waals surface area contributed by atoms with Crippen molar-refractivity contribution >= 4 is 34.3 Å². The summed E-state index contributed by atoms with van der Waals surface area (Å²) in [6, 6.07) is 10.4. The Morgan fingerprint density at radius 1 is 0.818 bits per heavy atom. The van der Waals surface area contributed by atoms with Crippen LogP contribution in [0.25, 0.3) is 21.9 Å². The number of imide groups is 1. The average Bonchev–Trinajstić information content (AvgIpc) is 3.21. The van der Waals surface area contributed by atoms with E-state index in [1.54, 1.807) is 56.4 Å². The quantitative estimate of drug-likeness (QED) is 0.234. The largest absolute Gasteiger partial charge is 0.496 e. The number of hydrogen-bond donors (Lipinski definition) is 1. The molecular weight excluding hydrogens is 704 g/mol. The van der Waals surface area contributed by atoms with Crippen LogP contribution in [0.15, 0.2) is 59.8 Å². The Hall–Kier alpha value is -5.47. The molecule has 4 amide bonds. The Morgan fingerprint density at radius 2 is 1.53 bits per heavy atom. The van der Waals surface area contributed by atoms with Crippen LogP contribution in [0.1, 0.15) is 48.0 Å². The number of fused-ring (bicyclic) bond motifs is 1. The lowest BCUT2D eigenvalue weighted by molar-refractivity contribution is -0.120. The number of hydrogen-bond acceptors (Lipinski definition) is 10. The molecule has 0 bridgehead atoms. The number of aryl methyl sites for hydroxylation is 1. The molecule has 7 rings (SSSR count). The van der Waals surface area contributed by atoms with E-state index in [1.807, 2.05) is 29.3 Å². The maximum Gasteiger partial charge on any atom is 0.328 e. The first kappa shape index (κ1) is 37.8. The minimum absolute atomic E-state index is 0.0947. The Morgan fingerprint density at radius 3 is 2.22 bits per heavy atom. The monoisotopic (exact) mass is 752 g/mol. The molecule has 4 aromatic rings. The third-order valence-corrected chi connectivity index (χ3v) is 11.0. The fourth-order valence-electron chi connectivity index (χ4n) is 7.92. The van der Waals surface area contributed by atoms with Crippen LogP contribution in [0.4, 0.5) is 10.5 Å². The highest BCUT2D eigenvalue weighted by Gasteiger charge is 2.31. The molecular formula is C41H48N6O8. The first-order valence-corrected chi connectivity index (χ1v) is 18.8. The van der Waals surface area contributed by atoms with Crippen molar-refractivity contribution in [1.82, 2.24) is 24.7 Å². The van der Waals surface area contributed by atoms with E-state index in [0.29, 0.717) is 41.2 Å². The molecule has 0 radical (unpaired) electrons. The van der Waals surface area contributed by atoms with Crippen LogP contribution in [-0.4, -0.2) is 110 Å². The van der Waals surface area contributed by atoms with E-state index < -0.39 is 6.03 Å². The molecule has 3 aliphatic rings. The van der Waals surface area contributed by atoms with Gasteiger partial charge in [0.1, 0.15) is 17.2 Å². The molecule has 0 saturated carbocycles. The normalized spacial score (nSPS) is 17.4. The highest BCUT2D eigenvalue weighted by atomic mass is 16.5. The van der Waals surface area contributed by atoms with Crippen LogP contribution in [0.2, 0.25) is 0 Å². The molecule has 14 heteroatoms. The van der Waals surface area contributed by atoms with Crippen LogP contribution in [0, 0.1) is 0 Å². The molecule has 5 heterocycles. The molecule has 2 aromatic carbocycles. The lowest BCUT2D eigenvalue weighted by atomic mass is 9.97. The lowest BCUT2D eigenvalue weighted by Gasteiger charge is -2.37. The molecule has 3 fully saturated rings. The van der Waals surface area contributed by atoms with Crippen molar-refractivity contribution in [1.29, 1.82) is 0 Å². The minimum atomic E-state index is -0.526. The number of rotatable bonds is 11. The number of likely N-dealkylation sites (tertiary alicyclic amines) is 2. The van der Waals surface area contributed by atoms with E-state index in [2.05, 4.69) is 15.2 Å². The van der Waals surface area contributed by atoms with Crippen LogP contribution in [0.3, 0.4) is 0 Å². The Labute approximate surface area is 319 Å². The van der Waals surface area contributed by atoms with E-state index >= 15 is 0 Å². The van der Waals surface area contributed by atoms with Crippen molar-refractivity contribution in [2.24, 2.45) is 7.05 Å². The zero-order valence-electron chi connectivity index (χ0n) is 31.8. The molecule has 290 valence electrons. The number of ether oxygens (including phenoxy) is 4. The van der Waals surface area contributed by atoms with Crippen LogP contribution in [-0.2, 0) is 23.0 Å². The van der Waals surface area contributed by atoms with Crippen molar-refractivity contribution < 1.29 is 33.3 Å². The summed E-state index contributed by atoms with van der Waals surface area (Å²) in [4.78, 5) is 60.4. The van der Waals surface area contributed by atoms with Gasteiger partial charge in [0.25, 0.3) is 11.5 Å². The third kappa shape index (κ3) is 8.01. The Bertz CT molecular complexity index is 2140. The number of nitrogens with one attached hydrogen (secondary N) is 1.